The molecule has 0 aliphatic carbocycles. The number of hydrogen-bond donors (Lipinski definition) is 1. The molecule has 1 aliphatic heterocycles. The summed E-state index contributed by atoms with van der Waals surface area (Å²) in [6, 6.07) is 8.62. The van der Waals surface area contributed by atoms with Gasteiger partial charge in [-0.25, -0.2) is 0 Å². The maximum Gasteiger partial charge on any atom is 0.255 e. The van der Waals surface area contributed by atoms with Crippen molar-refractivity contribution in [3.8, 4) is 6.07 Å². The van der Waals surface area contributed by atoms with Gasteiger partial charge in [-0.2, -0.15) is 10.4 Å². The lowest BCUT2D eigenvalue weighted by Gasteiger charge is -2.22. The first-order valence-corrected chi connectivity index (χ1v) is 7.70. The van der Waals surface area contributed by atoms with Crippen LogP contribution in [0.3, 0.4) is 0 Å². The Labute approximate surface area is 134 Å². The van der Waals surface area contributed by atoms with E-state index in [9.17, 15) is 4.79 Å². The van der Waals surface area contributed by atoms with Crippen LogP contribution in [-0.2, 0) is 11.3 Å². The SMILES string of the molecule is N#Cc1cccc(C(=O)Nc2cnn(CC3CCCCO3)c2)c1. The molecule has 2 aromatic rings. The summed E-state index contributed by atoms with van der Waals surface area (Å²) in [5.74, 6) is -0.254. The van der Waals surface area contributed by atoms with Crippen LogP contribution < -0.4 is 5.32 Å². The van der Waals surface area contributed by atoms with Gasteiger partial charge in [-0.05, 0) is 37.5 Å². The topological polar surface area (TPSA) is 79.9 Å². The largest absolute Gasteiger partial charge is 0.376 e. The minimum atomic E-state index is -0.254. The van der Waals surface area contributed by atoms with E-state index >= 15 is 0 Å². The van der Waals surface area contributed by atoms with Crippen LogP contribution in [0.25, 0.3) is 0 Å². The summed E-state index contributed by atoms with van der Waals surface area (Å²) in [6.07, 6.45) is 6.96. The van der Waals surface area contributed by atoms with E-state index in [-0.39, 0.29) is 12.0 Å². The molecule has 0 spiro atoms. The van der Waals surface area contributed by atoms with Gasteiger partial charge < -0.3 is 10.1 Å². The highest BCUT2D eigenvalue weighted by atomic mass is 16.5. The summed E-state index contributed by atoms with van der Waals surface area (Å²) in [5, 5.41) is 15.9. The Hall–Kier alpha value is -2.65. The normalized spacial score (nSPS) is 17.4. The third-order valence-electron chi connectivity index (χ3n) is 3.81. The van der Waals surface area contributed by atoms with Crippen molar-refractivity contribution in [1.82, 2.24) is 9.78 Å². The molecule has 1 N–H and O–H groups in total. The van der Waals surface area contributed by atoms with Gasteiger partial charge in [0.2, 0.25) is 0 Å². The lowest BCUT2D eigenvalue weighted by molar-refractivity contribution is 0.00401. The zero-order chi connectivity index (χ0) is 16.1. The second kappa shape index (κ2) is 7.07. The number of aromatic nitrogens is 2. The fourth-order valence-corrected chi connectivity index (χ4v) is 2.62. The zero-order valence-corrected chi connectivity index (χ0v) is 12.7. The molecule has 0 saturated carbocycles. The third kappa shape index (κ3) is 3.96. The molecule has 1 atom stereocenters. The van der Waals surface area contributed by atoms with Gasteiger partial charge in [0.1, 0.15) is 0 Å². The number of nitriles is 1. The molecule has 0 bridgehead atoms. The van der Waals surface area contributed by atoms with E-state index in [0.29, 0.717) is 23.4 Å². The van der Waals surface area contributed by atoms with Crippen LogP contribution in [0.15, 0.2) is 36.7 Å². The van der Waals surface area contributed by atoms with Crippen LogP contribution in [0.4, 0.5) is 5.69 Å². The number of carbonyl (C=O) groups excluding carboxylic acids is 1. The Morgan fingerprint density at radius 3 is 3.17 bits per heavy atom. The number of carbonyl (C=O) groups is 1. The first-order valence-electron chi connectivity index (χ1n) is 7.70. The van der Waals surface area contributed by atoms with Crippen LogP contribution in [0, 0.1) is 11.3 Å². The van der Waals surface area contributed by atoms with Crippen molar-refractivity contribution >= 4 is 11.6 Å². The van der Waals surface area contributed by atoms with Crippen LogP contribution in [-0.4, -0.2) is 28.4 Å². The minimum absolute atomic E-state index is 0.194. The molecule has 118 valence electrons. The fraction of sp³-hybridized carbons (Fsp3) is 0.353. The molecular formula is C17H18N4O2. The molecule has 6 nitrogen and oxygen atoms in total. The van der Waals surface area contributed by atoms with Gasteiger partial charge in [0.25, 0.3) is 5.91 Å². The molecule has 1 saturated heterocycles. The van der Waals surface area contributed by atoms with E-state index in [1.165, 1.54) is 6.42 Å². The monoisotopic (exact) mass is 310 g/mol. The second-order valence-electron chi connectivity index (χ2n) is 5.59. The van der Waals surface area contributed by atoms with E-state index in [0.717, 1.165) is 19.4 Å². The highest BCUT2D eigenvalue weighted by molar-refractivity contribution is 6.04. The van der Waals surface area contributed by atoms with E-state index in [1.54, 1.807) is 41.3 Å². The first kappa shape index (κ1) is 15.3. The van der Waals surface area contributed by atoms with Crippen molar-refractivity contribution < 1.29 is 9.53 Å². The summed E-state index contributed by atoms with van der Waals surface area (Å²) in [5.41, 5.74) is 1.54. The number of nitrogens with one attached hydrogen (secondary N) is 1. The second-order valence-corrected chi connectivity index (χ2v) is 5.59. The minimum Gasteiger partial charge on any atom is -0.376 e. The van der Waals surface area contributed by atoms with Crippen molar-refractivity contribution in [2.45, 2.75) is 31.9 Å². The lowest BCUT2D eigenvalue weighted by Crippen LogP contribution is -2.24. The number of benzene rings is 1. The van der Waals surface area contributed by atoms with Gasteiger partial charge in [0.05, 0.1) is 36.2 Å². The van der Waals surface area contributed by atoms with Crippen molar-refractivity contribution in [3.05, 3.63) is 47.8 Å². The molecular weight excluding hydrogens is 292 g/mol. The maximum atomic E-state index is 12.2. The highest BCUT2D eigenvalue weighted by Crippen LogP contribution is 2.16. The quantitative estimate of drug-likeness (QED) is 0.941. The van der Waals surface area contributed by atoms with Crippen LogP contribution in [0.2, 0.25) is 0 Å². The Bertz CT molecular complexity index is 726. The fourth-order valence-electron chi connectivity index (χ4n) is 2.62. The molecule has 2 heterocycles. The molecule has 1 aromatic heterocycles. The predicted molar refractivity (Wildman–Crippen MR) is 84.9 cm³/mol. The van der Waals surface area contributed by atoms with E-state index in [4.69, 9.17) is 10.00 Å². The molecule has 1 aromatic carbocycles. The summed E-state index contributed by atoms with van der Waals surface area (Å²) < 4.78 is 7.48. The van der Waals surface area contributed by atoms with Crippen molar-refractivity contribution in [3.63, 3.8) is 0 Å². The number of amides is 1. The molecule has 0 radical (unpaired) electrons. The number of nitrogens with zero attached hydrogens (tertiary/aromatic N) is 3. The van der Waals surface area contributed by atoms with Crippen molar-refractivity contribution in [2.75, 3.05) is 11.9 Å². The summed E-state index contributed by atoms with van der Waals surface area (Å²) >= 11 is 0. The molecule has 1 unspecified atom stereocenters. The Morgan fingerprint density at radius 2 is 2.39 bits per heavy atom. The number of rotatable bonds is 4. The van der Waals surface area contributed by atoms with Gasteiger partial charge >= 0.3 is 0 Å². The van der Waals surface area contributed by atoms with Crippen molar-refractivity contribution in [1.29, 1.82) is 5.26 Å². The van der Waals surface area contributed by atoms with Crippen LogP contribution >= 0.6 is 0 Å². The van der Waals surface area contributed by atoms with E-state index < -0.39 is 0 Å². The standard InChI is InChI=1S/C17H18N4O2/c18-9-13-4-3-5-14(8-13)17(22)20-15-10-19-21(11-15)12-16-6-1-2-7-23-16/h3-5,8,10-11,16H,1-2,6-7,12H2,(H,20,22). The van der Waals surface area contributed by atoms with Crippen LogP contribution in [0.1, 0.15) is 35.2 Å². The summed E-state index contributed by atoms with van der Waals surface area (Å²) in [6.45, 7) is 1.50. The molecule has 23 heavy (non-hydrogen) atoms. The first-order chi connectivity index (χ1) is 11.2. The Balaban J connectivity index is 1.61. The summed E-state index contributed by atoms with van der Waals surface area (Å²) in [4.78, 5) is 12.2. The van der Waals surface area contributed by atoms with Crippen molar-refractivity contribution in [2.24, 2.45) is 0 Å². The third-order valence-corrected chi connectivity index (χ3v) is 3.81. The molecule has 6 heteroatoms. The molecule has 1 aliphatic rings. The average Bonchev–Trinajstić information content (AvgIpc) is 3.02. The van der Waals surface area contributed by atoms with Gasteiger partial charge in [0.15, 0.2) is 0 Å². The molecule has 3 rings (SSSR count). The van der Waals surface area contributed by atoms with E-state index in [2.05, 4.69) is 10.4 Å². The highest BCUT2D eigenvalue weighted by Gasteiger charge is 2.15. The van der Waals surface area contributed by atoms with Crippen LogP contribution in [0.5, 0.6) is 0 Å². The summed E-state index contributed by atoms with van der Waals surface area (Å²) in [7, 11) is 0. The predicted octanol–water partition coefficient (Wildman–Crippen LogP) is 2.58. The number of ether oxygens (including phenoxy) is 1. The van der Waals surface area contributed by atoms with Gasteiger partial charge in [0, 0.05) is 18.4 Å². The number of anilines is 1. The Kier molecular flexibility index (Phi) is 4.69. The maximum absolute atomic E-state index is 12.2. The van der Waals surface area contributed by atoms with Gasteiger partial charge in [-0.1, -0.05) is 6.07 Å². The zero-order valence-electron chi connectivity index (χ0n) is 12.7. The smallest absolute Gasteiger partial charge is 0.255 e. The average molecular weight is 310 g/mol. The lowest BCUT2D eigenvalue weighted by atomic mass is 10.1. The molecule has 1 fully saturated rings. The number of hydrogen-bond acceptors (Lipinski definition) is 4. The van der Waals surface area contributed by atoms with Gasteiger partial charge in [-0.3, -0.25) is 9.48 Å². The Morgan fingerprint density at radius 1 is 1.48 bits per heavy atom. The molecule has 1 amide bonds. The van der Waals surface area contributed by atoms with E-state index in [1.807, 2.05) is 6.07 Å². The van der Waals surface area contributed by atoms with Gasteiger partial charge in [-0.15, -0.1) is 0 Å².